The molecule has 21 N–H and O–H groups in total. The predicted molar refractivity (Wildman–Crippen MR) is 472 cm³/mol. The van der Waals surface area contributed by atoms with Gasteiger partial charge in [0.25, 0.3) is 0 Å². The number of nitrogens with one attached hydrogen (secondary N) is 9. The maximum absolute atomic E-state index is 13.2. The van der Waals surface area contributed by atoms with Crippen LogP contribution in [-0.2, 0) is 47.9 Å². The average Bonchev–Trinajstić information content (AvgIpc) is 0.934. The van der Waals surface area contributed by atoms with Gasteiger partial charge in [0, 0.05) is 51.7 Å². The van der Waals surface area contributed by atoms with E-state index in [0.29, 0.717) is 110 Å². The van der Waals surface area contributed by atoms with Gasteiger partial charge in [-0.15, -0.1) is 0 Å². The van der Waals surface area contributed by atoms with Gasteiger partial charge in [0.2, 0.25) is 59.1 Å². The predicted octanol–water partition coefficient (Wildman–Crippen LogP) is 13.5. The van der Waals surface area contributed by atoms with Crippen LogP contribution in [0.4, 0.5) is 0 Å². The quantitative estimate of drug-likeness (QED) is 0.0252. The summed E-state index contributed by atoms with van der Waals surface area (Å²) in [6.45, 7) is 8.05. The lowest BCUT2D eigenvalue weighted by molar-refractivity contribution is -0.129. The maximum Gasteiger partial charge on any atom is 0.242 e. The van der Waals surface area contributed by atoms with E-state index in [2.05, 4.69) is 54.8 Å². The van der Waals surface area contributed by atoms with E-state index in [1.807, 2.05) is 0 Å². The molecule has 10 amide bonds. The summed E-state index contributed by atoms with van der Waals surface area (Å²) in [6, 6.07) is -2.87. The Balaban J connectivity index is 4.13. The molecule has 5 atom stereocenters. The number of rotatable bonds is 89. The number of primary amides is 2. The molecule has 0 saturated carbocycles. The van der Waals surface area contributed by atoms with Crippen molar-refractivity contribution in [2.45, 2.75) is 454 Å². The minimum absolute atomic E-state index is 0.0344. The summed E-state index contributed by atoms with van der Waals surface area (Å²) in [4.78, 5) is 127. The summed E-state index contributed by atoms with van der Waals surface area (Å²) in [7, 11) is 0. The molecule has 0 rings (SSSR count). The van der Waals surface area contributed by atoms with Crippen molar-refractivity contribution in [2.24, 2.45) is 34.4 Å². The molecular weight excluding hydrogens is 1450 g/mol. The van der Waals surface area contributed by atoms with Crippen LogP contribution >= 0.6 is 0 Å². The first-order valence-corrected chi connectivity index (χ1v) is 47.4. The van der Waals surface area contributed by atoms with Crippen molar-refractivity contribution in [3.05, 3.63) is 0 Å². The Bertz CT molecular complexity index is 2380. The highest BCUT2D eigenvalue weighted by Crippen LogP contribution is 2.18. The Hall–Kier alpha value is -5.50. The first kappa shape index (κ1) is 110. The number of hydrogen-bond donors (Lipinski definition) is 15. The van der Waals surface area contributed by atoms with Crippen molar-refractivity contribution >= 4 is 59.1 Å². The normalized spacial score (nSPS) is 12.6. The van der Waals surface area contributed by atoms with Crippen molar-refractivity contribution in [1.29, 1.82) is 0 Å². The van der Waals surface area contributed by atoms with E-state index in [1.54, 1.807) is 0 Å². The van der Waals surface area contributed by atoms with Crippen LogP contribution in [0.3, 0.4) is 0 Å². The largest absolute Gasteiger partial charge is 0.368 e. The van der Waals surface area contributed by atoms with Crippen molar-refractivity contribution in [1.82, 2.24) is 47.9 Å². The highest BCUT2D eigenvalue weighted by molar-refractivity contribution is 5.90. The molecule has 0 aromatic heterocycles. The van der Waals surface area contributed by atoms with E-state index in [9.17, 15) is 47.9 Å². The minimum Gasteiger partial charge on any atom is -0.368 e. The lowest BCUT2D eigenvalue weighted by Crippen LogP contribution is -2.47. The lowest BCUT2D eigenvalue weighted by atomic mass is 10.0. The monoisotopic (exact) mass is 1630 g/mol. The van der Waals surface area contributed by atoms with Crippen LogP contribution < -0.4 is 82.3 Å². The van der Waals surface area contributed by atoms with Crippen LogP contribution in [-0.4, -0.2) is 148 Å². The van der Waals surface area contributed by atoms with E-state index >= 15 is 0 Å². The van der Waals surface area contributed by atoms with E-state index in [1.165, 1.54) is 64.2 Å². The topological polar surface area (TPSA) is 435 Å². The van der Waals surface area contributed by atoms with Crippen LogP contribution in [0.5, 0.6) is 0 Å². The van der Waals surface area contributed by atoms with Gasteiger partial charge in [-0.3, -0.25) is 47.9 Å². The van der Waals surface area contributed by atoms with Crippen molar-refractivity contribution < 1.29 is 47.9 Å². The van der Waals surface area contributed by atoms with Crippen LogP contribution in [0.25, 0.3) is 0 Å². The molecule has 0 aliphatic rings. The molecule has 25 nitrogen and oxygen atoms in total. The van der Waals surface area contributed by atoms with E-state index in [0.717, 1.165) is 302 Å². The minimum atomic E-state index is -0.643. The van der Waals surface area contributed by atoms with Gasteiger partial charge in [0.05, 0.1) is 0 Å². The number of unbranched alkanes of at least 4 members (excludes halogenated alkanes) is 45. The van der Waals surface area contributed by atoms with Gasteiger partial charge < -0.3 is 82.3 Å². The van der Waals surface area contributed by atoms with Crippen molar-refractivity contribution in [3.8, 4) is 0 Å². The number of amides is 10. The molecule has 0 bridgehead atoms. The second-order valence-electron chi connectivity index (χ2n) is 33.0. The summed E-state index contributed by atoms with van der Waals surface area (Å²) in [5.74, 6) is -1.75. The molecule has 0 spiro atoms. The summed E-state index contributed by atoms with van der Waals surface area (Å²) in [5, 5.41) is 27.4. The fourth-order valence-electron chi connectivity index (χ4n) is 14.7. The third-order valence-electron chi connectivity index (χ3n) is 22.1. The highest BCUT2D eigenvalue weighted by Gasteiger charge is 2.24. The molecule has 0 radical (unpaired) electrons. The molecule has 0 fully saturated rings. The van der Waals surface area contributed by atoms with Gasteiger partial charge in [-0.05, 0) is 193 Å². The van der Waals surface area contributed by atoms with Crippen molar-refractivity contribution in [3.63, 3.8) is 0 Å². The third-order valence-corrected chi connectivity index (χ3v) is 22.1. The molecule has 672 valence electrons. The van der Waals surface area contributed by atoms with E-state index < -0.39 is 42.0 Å². The number of hydrogen-bond acceptors (Lipinski definition) is 15. The Morgan fingerprint density at radius 3 is 0.600 bits per heavy atom. The SMILES string of the molecule is CCCCCCCCCCCC(=O)NC(CCCCN)C(=O)NCCCCCCCCCCCC(=O)NC(CCCCN)C(=O)NCCCCCCCCCCCC(=O)NC(CCCCN)C(=O)NCCCCCCCCCCCC(=O)NC(CCCCNCCCCCCCCCCCC(=O)NC(CCCCN)C(N)=O)C(N)=O. The molecule has 0 aromatic rings. The number of nitrogens with two attached hydrogens (primary N) is 6. The van der Waals surface area contributed by atoms with Gasteiger partial charge >= 0.3 is 0 Å². The van der Waals surface area contributed by atoms with Crippen LogP contribution in [0.15, 0.2) is 0 Å². The Labute approximate surface area is 699 Å². The third kappa shape index (κ3) is 73.4. The number of carbonyl (C=O) groups excluding carboxylic acids is 10. The second kappa shape index (κ2) is 83.6. The molecular formula is C90H177N15O10. The average molecular weight is 1630 g/mol. The second-order valence-corrected chi connectivity index (χ2v) is 33.0. The van der Waals surface area contributed by atoms with Gasteiger partial charge in [-0.25, -0.2) is 0 Å². The zero-order valence-corrected chi connectivity index (χ0v) is 73.3. The zero-order chi connectivity index (χ0) is 84.4. The summed E-state index contributed by atoms with van der Waals surface area (Å²) in [5.41, 5.74) is 33.8. The molecule has 5 unspecified atom stereocenters. The molecule has 25 heteroatoms. The van der Waals surface area contributed by atoms with Gasteiger partial charge in [-0.2, -0.15) is 0 Å². The van der Waals surface area contributed by atoms with E-state index in [-0.39, 0.29) is 47.3 Å². The molecule has 115 heavy (non-hydrogen) atoms. The van der Waals surface area contributed by atoms with E-state index in [4.69, 9.17) is 34.4 Å². The van der Waals surface area contributed by atoms with Gasteiger partial charge in [0.15, 0.2) is 0 Å². The van der Waals surface area contributed by atoms with Gasteiger partial charge in [-0.1, -0.05) is 238 Å². The van der Waals surface area contributed by atoms with Crippen LogP contribution in [0, 0.1) is 0 Å². The molecule has 0 aliphatic heterocycles. The zero-order valence-electron chi connectivity index (χ0n) is 73.3. The smallest absolute Gasteiger partial charge is 0.242 e. The summed E-state index contributed by atoms with van der Waals surface area (Å²) < 4.78 is 0. The molecule has 0 aliphatic carbocycles. The standard InChI is InChI=1S/C90H177N15O10/c1-2-3-4-5-6-11-20-31-40-64-83(108)103-78(59-44-49-68-92)88(113)98-74-54-36-27-18-9-14-23-33-42-66-85(110)105-80(61-46-51-70-94)90(115)100-75-55-37-28-19-10-15-24-32-41-65-84(109)104-79(60-45-50-69-93)89(114)99-73-53-35-26-17-8-13-22-30-39-63-82(107)102-77(87(96)112)58-47-56-72-97-71-52-34-25-16-7-12-21-29-38-62-81(106)101-76(86(95)111)57-43-48-67-91/h76-80,97H,2-75,91-94H2,1H3,(H2,95,111)(H2,96,112)(H,98,113)(H,99,114)(H,100,115)(H,101,106)(H,102,107)(H,103,108)(H,104,109)(H,105,110). The molecule has 0 heterocycles. The number of carbonyl (C=O) groups is 10. The Morgan fingerprint density at radius 1 is 0.209 bits per heavy atom. The van der Waals surface area contributed by atoms with Crippen LogP contribution in [0.2, 0.25) is 0 Å². The Morgan fingerprint density at radius 2 is 0.383 bits per heavy atom. The lowest BCUT2D eigenvalue weighted by Gasteiger charge is -2.18. The summed E-state index contributed by atoms with van der Waals surface area (Å²) in [6.07, 6.45) is 61.3. The first-order chi connectivity index (χ1) is 56.0. The highest BCUT2D eigenvalue weighted by atomic mass is 16.2. The molecule has 0 saturated heterocycles. The summed E-state index contributed by atoms with van der Waals surface area (Å²) >= 11 is 0. The maximum atomic E-state index is 13.2. The van der Waals surface area contributed by atoms with Crippen LogP contribution in [0.1, 0.15) is 424 Å². The fraction of sp³-hybridized carbons (Fsp3) is 0.889. The van der Waals surface area contributed by atoms with Gasteiger partial charge in [0.1, 0.15) is 30.2 Å². The Kier molecular flexibility index (Phi) is 79.6. The fourth-order valence-corrected chi connectivity index (χ4v) is 14.7. The molecule has 0 aromatic carbocycles. The first-order valence-electron chi connectivity index (χ1n) is 47.4. The van der Waals surface area contributed by atoms with Crippen molar-refractivity contribution in [2.75, 3.05) is 58.9 Å².